The summed E-state index contributed by atoms with van der Waals surface area (Å²) < 4.78 is 29.1. The van der Waals surface area contributed by atoms with Gasteiger partial charge in [0.15, 0.2) is 5.82 Å². The highest BCUT2D eigenvalue weighted by molar-refractivity contribution is 5.85. The molecule has 1 aliphatic rings. The Morgan fingerprint density at radius 1 is 0.938 bits per heavy atom. The molecule has 1 aromatic carbocycles. The Kier molecular flexibility index (Phi) is 6.38. The molecule has 0 bridgehead atoms. The first kappa shape index (κ1) is 21.8. The summed E-state index contributed by atoms with van der Waals surface area (Å²) in [5.41, 5.74) is 1.44. The number of anilines is 3. The van der Waals surface area contributed by atoms with Gasteiger partial charge in [-0.1, -0.05) is 6.07 Å². The number of hydrogen-bond donors (Lipinski definition) is 2. The number of fused-ring (bicyclic) bond motifs is 1. The van der Waals surface area contributed by atoms with Gasteiger partial charge in [-0.3, -0.25) is 4.98 Å². The lowest BCUT2D eigenvalue weighted by atomic mass is 10.1. The van der Waals surface area contributed by atoms with Gasteiger partial charge in [0.1, 0.15) is 17.3 Å². The van der Waals surface area contributed by atoms with Gasteiger partial charge in [0.2, 0.25) is 5.95 Å². The summed E-state index contributed by atoms with van der Waals surface area (Å²) in [6.45, 7) is 3.72. The Balaban J connectivity index is 0.00000245. The zero-order chi connectivity index (χ0) is 21.2. The average Bonchev–Trinajstić information content (AvgIpc) is 2.81. The van der Waals surface area contributed by atoms with Crippen LogP contribution in [-0.2, 0) is 0 Å². The summed E-state index contributed by atoms with van der Waals surface area (Å²) in [5.74, 6) is -0.674. The van der Waals surface area contributed by atoms with Crippen molar-refractivity contribution in [2.75, 3.05) is 36.4 Å². The van der Waals surface area contributed by atoms with E-state index < -0.39 is 11.6 Å². The van der Waals surface area contributed by atoms with Crippen LogP contribution in [0.15, 0.2) is 55.0 Å². The molecule has 4 aromatic rings. The lowest BCUT2D eigenvalue weighted by molar-refractivity contribution is 0.589. The van der Waals surface area contributed by atoms with Crippen LogP contribution < -0.4 is 15.5 Å². The van der Waals surface area contributed by atoms with Gasteiger partial charge in [-0.2, -0.15) is 0 Å². The number of aromatic nitrogens is 4. The monoisotopic (exact) mass is 455 g/mol. The highest BCUT2D eigenvalue weighted by Gasteiger charge is 2.16. The van der Waals surface area contributed by atoms with E-state index in [4.69, 9.17) is 0 Å². The first-order valence-electron chi connectivity index (χ1n) is 9.93. The van der Waals surface area contributed by atoms with Gasteiger partial charge < -0.3 is 15.5 Å². The Bertz CT molecular complexity index is 1230. The zero-order valence-corrected chi connectivity index (χ0v) is 17.7. The van der Waals surface area contributed by atoms with Gasteiger partial charge in [0.05, 0.1) is 23.6 Å². The molecule has 1 aliphatic heterocycles. The first-order valence-corrected chi connectivity index (χ1v) is 9.93. The fraction of sp³-hybridized carbons (Fsp3) is 0.182. The number of halogens is 3. The molecule has 7 nitrogen and oxygen atoms in total. The van der Waals surface area contributed by atoms with Crippen molar-refractivity contribution in [1.29, 1.82) is 0 Å². The van der Waals surface area contributed by atoms with Crippen LogP contribution in [0, 0.1) is 11.6 Å². The van der Waals surface area contributed by atoms with Crippen LogP contribution in [0.4, 0.5) is 26.2 Å². The fourth-order valence-corrected chi connectivity index (χ4v) is 3.58. The Morgan fingerprint density at radius 3 is 2.56 bits per heavy atom. The zero-order valence-electron chi connectivity index (χ0n) is 16.9. The number of pyridine rings is 2. The second kappa shape index (κ2) is 9.37. The van der Waals surface area contributed by atoms with Crippen LogP contribution in [0.2, 0.25) is 0 Å². The molecule has 0 unspecified atom stereocenters. The number of nitrogens with one attached hydrogen (secondary N) is 2. The molecule has 1 fully saturated rings. The number of nitrogens with zero attached hydrogens (tertiary/aromatic N) is 5. The molecule has 10 heteroatoms. The normalized spacial score (nSPS) is 13.6. The summed E-state index contributed by atoms with van der Waals surface area (Å²) >= 11 is 0. The van der Waals surface area contributed by atoms with Crippen molar-refractivity contribution in [1.82, 2.24) is 25.3 Å². The van der Waals surface area contributed by atoms with Crippen LogP contribution in [0.5, 0.6) is 0 Å². The lowest BCUT2D eigenvalue weighted by Crippen LogP contribution is -2.43. The van der Waals surface area contributed by atoms with E-state index in [-0.39, 0.29) is 29.6 Å². The molecular formula is C22H20ClF2N7. The molecule has 0 saturated carbocycles. The van der Waals surface area contributed by atoms with Crippen molar-refractivity contribution in [3.8, 4) is 11.3 Å². The predicted octanol–water partition coefficient (Wildman–Crippen LogP) is 3.94. The van der Waals surface area contributed by atoms with Crippen LogP contribution in [0.1, 0.15) is 0 Å². The van der Waals surface area contributed by atoms with E-state index in [9.17, 15) is 8.78 Å². The van der Waals surface area contributed by atoms with E-state index in [1.807, 2.05) is 12.1 Å². The van der Waals surface area contributed by atoms with Gasteiger partial charge in [-0.05, 0) is 24.3 Å². The molecule has 5 rings (SSSR count). The second-order valence-electron chi connectivity index (χ2n) is 7.18. The maximum Gasteiger partial charge on any atom is 0.229 e. The molecule has 3 aromatic heterocycles. The predicted molar refractivity (Wildman–Crippen MR) is 123 cm³/mol. The van der Waals surface area contributed by atoms with Crippen LogP contribution in [0.25, 0.3) is 22.2 Å². The van der Waals surface area contributed by atoms with Crippen molar-refractivity contribution in [3.63, 3.8) is 0 Å². The molecule has 32 heavy (non-hydrogen) atoms. The molecule has 0 spiro atoms. The van der Waals surface area contributed by atoms with Gasteiger partial charge in [-0.25, -0.2) is 23.7 Å². The molecule has 0 radical (unpaired) electrons. The quantitative estimate of drug-likeness (QED) is 0.482. The van der Waals surface area contributed by atoms with Crippen molar-refractivity contribution in [2.45, 2.75) is 0 Å². The van der Waals surface area contributed by atoms with Crippen LogP contribution in [0.3, 0.4) is 0 Å². The van der Waals surface area contributed by atoms with Gasteiger partial charge in [0.25, 0.3) is 0 Å². The van der Waals surface area contributed by atoms with E-state index >= 15 is 0 Å². The highest BCUT2D eigenvalue weighted by atomic mass is 35.5. The van der Waals surface area contributed by atoms with Crippen LogP contribution in [-0.4, -0.2) is 46.1 Å². The Hall–Kier alpha value is -3.43. The summed E-state index contributed by atoms with van der Waals surface area (Å²) in [6.07, 6.45) is 4.37. The average molecular weight is 456 g/mol. The summed E-state index contributed by atoms with van der Waals surface area (Å²) in [7, 11) is 0. The van der Waals surface area contributed by atoms with E-state index in [1.165, 1.54) is 12.1 Å². The largest absolute Gasteiger partial charge is 0.368 e. The standard InChI is InChI=1S/C22H19F2N7.ClH/c23-17-11-19-14(2-1-5-26-19)10-16(17)21-18(24)13-28-22(30-21)29-20-4-3-15(12-27-20)31-8-6-25-7-9-31;/h1-5,10-13,25H,6-9H2,(H,27,28,29,30);1H. The maximum absolute atomic E-state index is 14.7. The number of benzene rings is 1. The molecule has 1 saturated heterocycles. The van der Waals surface area contributed by atoms with Gasteiger partial charge in [-0.15, -0.1) is 12.4 Å². The number of hydrogen-bond acceptors (Lipinski definition) is 7. The van der Waals surface area contributed by atoms with Crippen LogP contribution >= 0.6 is 12.4 Å². The lowest BCUT2D eigenvalue weighted by Gasteiger charge is -2.29. The van der Waals surface area contributed by atoms with E-state index in [2.05, 4.69) is 35.5 Å². The first-order chi connectivity index (χ1) is 15.2. The SMILES string of the molecule is Cl.Fc1cc2ncccc2cc1-c1nc(Nc2ccc(N3CCNCC3)cn2)ncc1F. The van der Waals surface area contributed by atoms with Gasteiger partial charge in [0, 0.05) is 49.4 Å². The third kappa shape index (κ3) is 4.44. The van der Waals surface area contributed by atoms with E-state index in [0.29, 0.717) is 16.7 Å². The minimum atomic E-state index is -0.713. The molecule has 2 N–H and O–H groups in total. The van der Waals surface area contributed by atoms with E-state index in [1.54, 1.807) is 24.5 Å². The molecule has 4 heterocycles. The summed E-state index contributed by atoms with van der Waals surface area (Å²) in [4.78, 5) is 18.9. The second-order valence-corrected chi connectivity index (χ2v) is 7.18. The smallest absolute Gasteiger partial charge is 0.229 e. The van der Waals surface area contributed by atoms with E-state index in [0.717, 1.165) is 38.1 Å². The van der Waals surface area contributed by atoms with Crippen molar-refractivity contribution in [2.24, 2.45) is 0 Å². The molecule has 164 valence electrons. The highest BCUT2D eigenvalue weighted by Crippen LogP contribution is 2.28. The number of rotatable bonds is 4. The number of piperazine rings is 1. The van der Waals surface area contributed by atoms with Crippen molar-refractivity contribution >= 4 is 40.8 Å². The summed E-state index contributed by atoms with van der Waals surface area (Å²) in [6, 6.07) is 10.1. The third-order valence-electron chi connectivity index (χ3n) is 5.16. The minimum Gasteiger partial charge on any atom is -0.368 e. The maximum atomic E-state index is 14.7. The Labute approximate surface area is 189 Å². The minimum absolute atomic E-state index is 0. The molecular weight excluding hydrogens is 436 g/mol. The topological polar surface area (TPSA) is 78.9 Å². The summed E-state index contributed by atoms with van der Waals surface area (Å²) in [5, 5.41) is 6.97. The van der Waals surface area contributed by atoms with Crippen molar-refractivity contribution < 1.29 is 8.78 Å². The molecule has 0 aliphatic carbocycles. The third-order valence-corrected chi connectivity index (χ3v) is 5.16. The Morgan fingerprint density at radius 2 is 1.78 bits per heavy atom. The molecule has 0 atom stereocenters. The van der Waals surface area contributed by atoms with Crippen molar-refractivity contribution in [3.05, 3.63) is 66.6 Å². The molecule has 0 amide bonds. The fourth-order valence-electron chi connectivity index (χ4n) is 3.58. The van der Waals surface area contributed by atoms with Gasteiger partial charge >= 0.3 is 0 Å².